The van der Waals surface area contributed by atoms with Crippen LogP contribution in [0.25, 0.3) is 0 Å². The lowest BCUT2D eigenvalue weighted by molar-refractivity contribution is -0.116. The van der Waals surface area contributed by atoms with Gasteiger partial charge in [-0.1, -0.05) is 0 Å². The van der Waals surface area contributed by atoms with Crippen LogP contribution in [-0.4, -0.2) is 45.6 Å². The molecule has 0 bridgehead atoms. The zero-order valence-corrected chi connectivity index (χ0v) is 11.6. The molecule has 19 heavy (non-hydrogen) atoms. The number of benzene rings is 1. The van der Waals surface area contributed by atoms with E-state index in [1.165, 1.54) is 24.3 Å². The minimum absolute atomic E-state index is 0.0986. The van der Waals surface area contributed by atoms with Crippen molar-refractivity contribution < 1.29 is 13.2 Å². The first-order valence-electron chi connectivity index (χ1n) is 5.48. The lowest BCUT2D eigenvalue weighted by atomic mass is 10.3. The Bertz CT molecular complexity index is 588. The molecule has 0 aliphatic rings. The normalized spacial score (nSPS) is 11.1. The van der Waals surface area contributed by atoms with Gasteiger partial charge in [0, 0.05) is 11.9 Å². The van der Waals surface area contributed by atoms with Crippen molar-refractivity contribution in [3.8, 4) is 6.07 Å². The largest absolute Gasteiger partial charge is 0.325 e. The van der Waals surface area contributed by atoms with Crippen LogP contribution in [0.15, 0.2) is 29.2 Å². The highest BCUT2D eigenvalue weighted by atomic mass is 32.2. The molecule has 0 saturated heterocycles. The van der Waals surface area contributed by atoms with Crippen LogP contribution >= 0.6 is 0 Å². The summed E-state index contributed by atoms with van der Waals surface area (Å²) in [6.07, 6.45) is 1.12. The first-order valence-corrected chi connectivity index (χ1v) is 7.37. The molecule has 1 rings (SSSR count). The van der Waals surface area contributed by atoms with E-state index in [9.17, 15) is 13.2 Å². The highest BCUT2D eigenvalue weighted by molar-refractivity contribution is 7.90. The molecule has 0 aromatic heterocycles. The van der Waals surface area contributed by atoms with Gasteiger partial charge in [-0.2, -0.15) is 5.26 Å². The molecule has 1 N–H and O–H groups in total. The van der Waals surface area contributed by atoms with Crippen LogP contribution in [0.1, 0.15) is 0 Å². The summed E-state index contributed by atoms with van der Waals surface area (Å²) in [4.78, 5) is 13.4. The fourth-order valence-electron chi connectivity index (χ4n) is 1.41. The van der Waals surface area contributed by atoms with Crippen molar-refractivity contribution in [2.24, 2.45) is 0 Å². The van der Waals surface area contributed by atoms with Gasteiger partial charge in [-0.05, 0) is 31.3 Å². The van der Waals surface area contributed by atoms with E-state index in [1.807, 2.05) is 6.07 Å². The molecule has 1 amide bonds. The summed E-state index contributed by atoms with van der Waals surface area (Å²) >= 11 is 0. The van der Waals surface area contributed by atoms with Gasteiger partial charge >= 0.3 is 0 Å². The van der Waals surface area contributed by atoms with Crippen LogP contribution in [-0.2, 0) is 14.6 Å². The molecule has 7 heteroatoms. The van der Waals surface area contributed by atoms with E-state index in [0.29, 0.717) is 5.69 Å². The maximum absolute atomic E-state index is 11.6. The average Bonchev–Trinajstić information content (AvgIpc) is 2.28. The molecule has 0 radical (unpaired) electrons. The number of amides is 1. The van der Waals surface area contributed by atoms with Gasteiger partial charge in [-0.25, -0.2) is 8.42 Å². The summed E-state index contributed by atoms with van der Waals surface area (Å²) in [7, 11) is -1.57. The van der Waals surface area contributed by atoms with Crippen molar-refractivity contribution in [1.29, 1.82) is 5.26 Å². The maximum atomic E-state index is 11.6. The van der Waals surface area contributed by atoms with E-state index in [2.05, 4.69) is 5.32 Å². The monoisotopic (exact) mass is 281 g/mol. The molecular weight excluding hydrogens is 266 g/mol. The van der Waals surface area contributed by atoms with Gasteiger partial charge in [-0.15, -0.1) is 0 Å². The predicted octanol–water partition coefficient (Wildman–Crippen LogP) is 0.484. The zero-order valence-electron chi connectivity index (χ0n) is 10.8. The topological polar surface area (TPSA) is 90.3 Å². The van der Waals surface area contributed by atoms with E-state index in [-0.39, 0.29) is 23.9 Å². The molecule has 0 fully saturated rings. The summed E-state index contributed by atoms with van der Waals surface area (Å²) in [6, 6.07) is 7.86. The third-order valence-electron chi connectivity index (χ3n) is 2.32. The Balaban J connectivity index is 2.64. The molecule has 0 atom stereocenters. The zero-order chi connectivity index (χ0) is 14.5. The molecule has 1 aromatic carbocycles. The number of carbonyl (C=O) groups excluding carboxylic acids is 1. The van der Waals surface area contributed by atoms with Gasteiger partial charge in [-0.3, -0.25) is 9.69 Å². The average molecular weight is 281 g/mol. The number of hydrogen-bond donors (Lipinski definition) is 1. The lowest BCUT2D eigenvalue weighted by Gasteiger charge is -2.12. The molecule has 0 aliphatic carbocycles. The van der Waals surface area contributed by atoms with Crippen molar-refractivity contribution in [2.45, 2.75) is 4.90 Å². The van der Waals surface area contributed by atoms with E-state index in [1.54, 1.807) is 11.9 Å². The Hall–Kier alpha value is -1.91. The second-order valence-electron chi connectivity index (χ2n) is 4.18. The van der Waals surface area contributed by atoms with Crippen LogP contribution < -0.4 is 5.32 Å². The predicted molar refractivity (Wildman–Crippen MR) is 71.3 cm³/mol. The molecule has 102 valence electrons. The second-order valence-corrected chi connectivity index (χ2v) is 6.19. The number of rotatable bonds is 5. The van der Waals surface area contributed by atoms with Gasteiger partial charge in [0.25, 0.3) is 0 Å². The van der Waals surface area contributed by atoms with E-state index in [4.69, 9.17) is 5.26 Å². The minimum Gasteiger partial charge on any atom is -0.325 e. The van der Waals surface area contributed by atoms with E-state index < -0.39 is 9.84 Å². The van der Waals surface area contributed by atoms with Crippen molar-refractivity contribution in [3.63, 3.8) is 0 Å². The number of nitrogens with zero attached hydrogens (tertiary/aromatic N) is 2. The van der Waals surface area contributed by atoms with Gasteiger partial charge in [0.1, 0.15) is 0 Å². The Morgan fingerprint density at radius 1 is 1.37 bits per heavy atom. The minimum atomic E-state index is -3.23. The number of hydrogen-bond acceptors (Lipinski definition) is 5. The number of likely N-dealkylation sites (N-methyl/N-ethyl adjacent to an activating group) is 1. The summed E-state index contributed by atoms with van der Waals surface area (Å²) in [5.41, 5.74) is 0.516. The fraction of sp³-hybridized carbons (Fsp3) is 0.333. The van der Waals surface area contributed by atoms with Crippen molar-refractivity contribution in [3.05, 3.63) is 24.3 Å². The number of carbonyl (C=O) groups is 1. The maximum Gasteiger partial charge on any atom is 0.238 e. The number of nitriles is 1. The molecule has 0 saturated carbocycles. The molecule has 0 aliphatic heterocycles. The molecular formula is C12H15N3O3S. The second kappa shape index (κ2) is 6.31. The quantitative estimate of drug-likeness (QED) is 0.793. The Morgan fingerprint density at radius 2 is 1.95 bits per heavy atom. The highest BCUT2D eigenvalue weighted by Gasteiger charge is 2.09. The standard InChI is InChI=1S/C12H15N3O3S/c1-15(8-7-13)9-12(16)14-10-3-5-11(6-4-10)19(2,17)18/h3-6H,8-9H2,1-2H3,(H,14,16). The van der Waals surface area contributed by atoms with Gasteiger partial charge in [0.15, 0.2) is 9.84 Å². The number of sulfone groups is 1. The lowest BCUT2D eigenvalue weighted by Crippen LogP contribution is -2.30. The summed E-state index contributed by atoms with van der Waals surface area (Å²) in [6.45, 7) is 0.266. The van der Waals surface area contributed by atoms with Crippen LogP contribution in [0.2, 0.25) is 0 Å². The van der Waals surface area contributed by atoms with Gasteiger partial charge in [0.05, 0.1) is 24.1 Å². The molecule has 6 nitrogen and oxygen atoms in total. The van der Waals surface area contributed by atoms with E-state index in [0.717, 1.165) is 6.26 Å². The third kappa shape index (κ3) is 5.07. The van der Waals surface area contributed by atoms with Crippen molar-refractivity contribution in [1.82, 2.24) is 4.90 Å². The fourth-order valence-corrected chi connectivity index (χ4v) is 2.04. The number of nitrogens with one attached hydrogen (secondary N) is 1. The molecule has 0 spiro atoms. The smallest absolute Gasteiger partial charge is 0.238 e. The van der Waals surface area contributed by atoms with Crippen LogP contribution in [0.3, 0.4) is 0 Å². The van der Waals surface area contributed by atoms with Crippen molar-refractivity contribution >= 4 is 21.4 Å². The Morgan fingerprint density at radius 3 is 2.42 bits per heavy atom. The number of anilines is 1. The van der Waals surface area contributed by atoms with Gasteiger partial charge < -0.3 is 5.32 Å². The third-order valence-corrected chi connectivity index (χ3v) is 3.45. The Kier molecular flexibility index (Phi) is 5.03. The van der Waals surface area contributed by atoms with Crippen molar-refractivity contribution in [2.75, 3.05) is 31.7 Å². The Labute approximate surface area is 112 Å². The summed E-state index contributed by atoms with van der Waals surface area (Å²) in [5.74, 6) is -0.259. The first-order chi connectivity index (χ1) is 8.82. The van der Waals surface area contributed by atoms with Crippen LogP contribution in [0.5, 0.6) is 0 Å². The van der Waals surface area contributed by atoms with Crippen LogP contribution in [0.4, 0.5) is 5.69 Å². The molecule has 0 unspecified atom stereocenters. The highest BCUT2D eigenvalue weighted by Crippen LogP contribution is 2.13. The first kappa shape index (κ1) is 15.1. The van der Waals surface area contributed by atoms with Gasteiger partial charge in [0.2, 0.25) is 5.91 Å². The summed E-state index contributed by atoms with van der Waals surface area (Å²) < 4.78 is 22.5. The van der Waals surface area contributed by atoms with E-state index >= 15 is 0 Å². The summed E-state index contributed by atoms with van der Waals surface area (Å²) in [5, 5.41) is 11.1. The molecule has 1 aromatic rings. The SMILES string of the molecule is CN(CC#N)CC(=O)Nc1ccc(S(C)(=O)=O)cc1. The molecule has 0 heterocycles. The van der Waals surface area contributed by atoms with Crippen LogP contribution in [0, 0.1) is 11.3 Å².